The zero-order valence-electron chi connectivity index (χ0n) is 13.8. The summed E-state index contributed by atoms with van der Waals surface area (Å²) >= 11 is 5.92. The van der Waals surface area contributed by atoms with Gasteiger partial charge in [-0.3, -0.25) is 0 Å². The summed E-state index contributed by atoms with van der Waals surface area (Å²) in [5.74, 6) is 1.83. The number of furan rings is 1. The molecule has 1 heterocycles. The Balaban J connectivity index is 1.49. The van der Waals surface area contributed by atoms with Crippen LogP contribution in [0.1, 0.15) is 24.7 Å². The first kappa shape index (κ1) is 16.8. The van der Waals surface area contributed by atoms with Crippen molar-refractivity contribution in [3.05, 3.63) is 83.1 Å². The SMILES string of the molecule is C[C@@H](CCc1ccccc1)NCc1ccc(-c2ccc(Cl)cc2)o1. The van der Waals surface area contributed by atoms with E-state index in [2.05, 4.69) is 42.6 Å². The molecule has 0 radical (unpaired) electrons. The van der Waals surface area contributed by atoms with Gasteiger partial charge in [0.2, 0.25) is 0 Å². The van der Waals surface area contributed by atoms with Crippen molar-refractivity contribution in [2.75, 3.05) is 0 Å². The van der Waals surface area contributed by atoms with Crippen LogP contribution < -0.4 is 5.32 Å². The van der Waals surface area contributed by atoms with Gasteiger partial charge in [-0.15, -0.1) is 0 Å². The second kappa shape index (κ2) is 8.18. The van der Waals surface area contributed by atoms with Crippen LogP contribution in [0.25, 0.3) is 11.3 Å². The van der Waals surface area contributed by atoms with E-state index in [0.717, 1.165) is 41.5 Å². The molecule has 1 aromatic heterocycles. The van der Waals surface area contributed by atoms with Crippen LogP contribution in [0.2, 0.25) is 5.02 Å². The maximum Gasteiger partial charge on any atom is 0.134 e. The van der Waals surface area contributed by atoms with Crippen molar-refractivity contribution in [2.24, 2.45) is 0 Å². The smallest absolute Gasteiger partial charge is 0.134 e. The van der Waals surface area contributed by atoms with Crippen LogP contribution in [0.4, 0.5) is 0 Å². The highest BCUT2D eigenvalue weighted by Gasteiger charge is 2.07. The van der Waals surface area contributed by atoms with Gasteiger partial charge in [0, 0.05) is 16.6 Å². The van der Waals surface area contributed by atoms with E-state index in [9.17, 15) is 0 Å². The molecule has 0 unspecified atom stereocenters. The summed E-state index contributed by atoms with van der Waals surface area (Å²) in [5.41, 5.74) is 2.43. The number of benzene rings is 2. The van der Waals surface area contributed by atoms with Gasteiger partial charge in [0.15, 0.2) is 0 Å². The summed E-state index contributed by atoms with van der Waals surface area (Å²) in [6, 6.07) is 22.8. The van der Waals surface area contributed by atoms with Gasteiger partial charge in [-0.1, -0.05) is 41.9 Å². The molecule has 2 nitrogen and oxygen atoms in total. The normalized spacial score (nSPS) is 12.2. The molecule has 0 saturated carbocycles. The Labute approximate surface area is 148 Å². The highest BCUT2D eigenvalue weighted by Crippen LogP contribution is 2.23. The summed E-state index contributed by atoms with van der Waals surface area (Å²) in [7, 11) is 0. The summed E-state index contributed by atoms with van der Waals surface area (Å²) in [4.78, 5) is 0. The van der Waals surface area contributed by atoms with Crippen LogP contribution in [-0.4, -0.2) is 6.04 Å². The van der Waals surface area contributed by atoms with E-state index >= 15 is 0 Å². The Kier molecular flexibility index (Phi) is 5.73. The summed E-state index contributed by atoms with van der Waals surface area (Å²) in [6.45, 7) is 2.95. The van der Waals surface area contributed by atoms with Gasteiger partial charge in [-0.2, -0.15) is 0 Å². The minimum absolute atomic E-state index is 0.439. The summed E-state index contributed by atoms with van der Waals surface area (Å²) in [6.07, 6.45) is 2.19. The number of nitrogens with one attached hydrogen (secondary N) is 1. The average Bonchev–Trinajstić information content (AvgIpc) is 3.09. The molecule has 0 aliphatic carbocycles. The van der Waals surface area contributed by atoms with Gasteiger partial charge in [0.1, 0.15) is 11.5 Å². The van der Waals surface area contributed by atoms with E-state index in [0.29, 0.717) is 6.04 Å². The second-order valence-electron chi connectivity index (χ2n) is 6.08. The van der Waals surface area contributed by atoms with Crippen LogP contribution in [0.5, 0.6) is 0 Å². The van der Waals surface area contributed by atoms with Crippen LogP contribution in [0.15, 0.2) is 71.1 Å². The predicted octanol–water partition coefficient (Wildman–Crippen LogP) is 5.71. The lowest BCUT2D eigenvalue weighted by atomic mass is 10.1. The van der Waals surface area contributed by atoms with Crippen molar-refractivity contribution in [3.8, 4) is 11.3 Å². The Morgan fingerprint density at radius 3 is 2.46 bits per heavy atom. The Morgan fingerprint density at radius 1 is 0.958 bits per heavy atom. The molecule has 0 saturated heterocycles. The van der Waals surface area contributed by atoms with Gasteiger partial charge in [-0.25, -0.2) is 0 Å². The zero-order chi connectivity index (χ0) is 16.8. The topological polar surface area (TPSA) is 25.2 Å². The third-order valence-corrected chi connectivity index (χ3v) is 4.38. The first-order valence-electron chi connectivity index (χ1n) is 8.32. The first-order valence-corrected chi connectivity index (χ1v) is 8.70. The summed E-state index contributed by atoms with van der Waals surface area (Å²) < 4.78 is 5.92. The minimum atomic E-state index is 0.439. The highest BCUT2D eigenvalue weighted by atomic mass is 35.5. The molecule has 0 aliphatic heterocycles. The van der Waals surface area contributed by atoms with Gasteiger partial charge in [-0.05, 0) is 61.7 Å². The molecule has 2 aromatic carbocycles. The third-order valence-electron chi connectivity index (χ3n) is 4.12. The number of aryl methyl sites for hydroxylation is 1. The van der Waals surface area contributed by atoms with E-state index < -0.39 is 0 Å². The van der Waals surface area contributed by atoms with E-state index in [1.807, 2.05) is 36.4 Å². The van der Waals surface area contributed by atoms with E-state index in [1.54, 1.807) is 0 Å². The molecule has 0 aliphatic rings. The van der Waals surface area contributed by atoms with Gasteiger partial charge in [0.05, 0.1) is 6.54 Å². The molecule has 0 bridgehead atoms. The highest BCUT2D eigenvalue weighted by molar-refractivity contribution is 6.30. The third kappa shape index (κ3) is 4.73. The fraction of sp³-hybridized carbons (Fsp3) is 0.238. The van der Waals surface area contributed by atoms with Crippen molar-refractivity contribution in [1.29, 1.82) is 0 Å². The van der Waals surface area contributed by atoms with Crippen LogP contribution in [0, 0.1) is 0 Å². The molecule has 3 heteroatoms. The van der Waals surface area contributed by atoms with E-state index in [4.69, 9.17) is 16.0 Å². The monoisotopic (exact) mass is 339 g/mol. The van der Waals surface area contributed by atoms with Crippen molar-refractivity contribution >= 4 is 11.6 Å². The lowest BCUT2D eigenvalue weighted by Gasteiger charge is -2.12. The minimum Gasteiger partial charge on any atom is -0.460 e. The van der Waals surface area contributed by atoms with E-state index in [1.165, 1.54) is 5.56 Å². The van der Waals surface area contributed by atoms with Crippen LogP contribution >= 0.6 is 11.6 Å². The van der Waals surface area contributed by atoms with Crippen molar-refractivity contribution in [2.45, 2.75) is 32.4 Å². The van der Waals surface area contributed by atoms with Crippen LogP contribution in [-0.2, 0) is 13.0 Å². The Morgan fingerprint density at radius 2 is 1.71 bits per heavy atom. The molecule has 24 heavy (non-hydrogen) atoms. The number of halogens is 1. The molecular weight excluding hydrogens is 318 g/mol. The molecule has 124 valence electrons. The maximum absolute atomic E-state index is 5.92. The molecule has 1 N–H and O–H groups in total. The summed E-state index contributed by atoms with van der Waals surface area (Å²) in [5, 5.41) is 4.26. The standard InChI is InChI=1S/C21H22ClNO/c1-16(7-8-17-5-3-2-4-6-17)23-15-20-13-14-21(24-20)18-9-11-19(22)12-10-18/h2-6,9-14,16,23H,7-8,15H2,1H3/t16-/m0/s1. The Hall–Kier alpha value is -2.03. The molecule has 0 amide bonds. The fourth-order valence-corrected chi connectivity index (χ4v) is 2.77. The second-order valence-corrected chi connectivity index (χ2v) is 6.52. The van der Waals surface area contributed by atoms with Gasteiger partial charge < -0.3 is 9.73 Å². The fourth-order valence-electron chi connectivity index (χ4n) is 2.65. The van der Waals surface area contributed by atoms with Crippen LogP contribution in [0.3, 0.4) is 0 Å². The number of hydrogen-bond donors (Lipinski definition) is 1. The molecule has 3 rings (SSSR count). The van der Waals surface area contributed by atoms with Crippen molar-refractivity contribution in [3.63, 3.8) is 0 Å². The lowest BCUT2D eigenvalue weighted by molar-refractivity contribution is 0.449. The Bertz CT molecular complexity index is 749. The molecule has 0 fully saturated rings. The number of hydrogen-bond acceptors (Lipinski definition) is 2. The van der Waals surface area contributed by atoms with Gasteiger partial charge in [0.25, 0.3) is 0 Å². The molecular formula is C21H22ClNO. The van der Waals surface area contributed by atoms with Crippen molar-refractivity contribution in [1.82, 2.24) is 5.32 Å². The van der Waals surface area contributed by atoms with E-state index in [-0.39, 0.29) is 0 Å². The quantitative estimate of drug-likeness (QED) is 0.596. The lowest BCUT2D eigenvalue weighted by Crippen LogP contribution is -2.25. The predicted molar refractivity (Wildman–Crippen MR) is 100 cm³/mol. The number of rotatable bonds is 7. The average molecular weight is 340 g/mol. The van der Waals surface area contributed by atoms with Gasteiger partial charge >= 0.3 is 0 Å². The largest absolute Gasteiger partial charge is 0.460 e. The zero-order valence-corrected chi connectivity index (χ0v) is 14.6. The first-order chi connectivity index (χ1) is 11.7. The maximum atomic E-state index is 5.92. The molecule has 1 atom stereocenters. The van der Waals surface area contributed by atoms with Crippen molar-refractivity contribution < 1.29 is 4.42 Å². The molecule has 3 aromatic rings. The molecule has 0 spiro atoms.